The first kappa shape index (κ1) is 16.2. The molecular weight excluding hydrogens is 260 g/mol. The minimum absolute atomic E-state index is 0.199. The van der Waals surface area contributed by atoms with Crippen LogP contribution in [0.4, 0.5) is 5.95 Å². The highest BCUT2D eigenvalue weighted by Crippen LogP contribution is 2.30. The van der Waals surface area contributed by atoms with Gasteiger partial charge < -0.3 is 4.90 Å². The molecule has 1 aromatic heterocycles. The highest BCUT2D eigenvalue weighted by molar-refractivity contribution is 5.34. The number of anilines is 1. The van der Waals surface area contributed by atoms with Gasteiger partial charge in [0.2, 0.25) is 5.95 Å². The van der Waals surface area contributed by atoms with Gasteiger partial charge in [-0.25, -0.2) is 9.97 Å². The van der Waals surface area contributed by atoms with E-state index in [4.69, 9.17) is 0 Å². The molecule has 4 heteroatoms. The highest BCUT2D eigenvalue weighted by atomic mass is 15.3. The Hall–Kier alpha value is -1.16. The van der Waals surface area contributed by atoms with Crippen LogP contribution in [-0.2, 0) is 5.41 Å². The van der Waals surface area contributed by atoms with Crippen molar-refractivity contribution >= 4 is 5.95 Å². The third-order valence-corrected chi connectivity index (χ3v) is 5.31. The fraction of sp³-hybridized carbons (Fsp3) is 0.765. The molecule has 1 aliphatic heterocycles. The predicted octanol–water partition coefficient (Wildman–Crippen LogP) is 3.08. The Bertz CT molecular complexity index is 439. The van der Waals surface area contributed by atoms with E-state index >= 15 is 0 Å². The first-order chi connectivity index (χ1) is 10.0. The highest BCUT2D eigenvalue weighted by Gasteiger charge is 2.26. The van der Waals surface area contributed by atoms with Gasteiger partial charge >= 0.3 is 0 Å². The standard InChI is InChI=1S/C17H30N4/c1-6-17(5,7-2)15-11-18-16(19-12-15)21-10-9-20(8-3)13-14(21)4/h11-12,14H,6-10,13H2,1-5H3. The summed E-state index contributed by atoms with van der Waals surface area (Å²) in [5.41, 5.74) is 1.46. The van der Waals surface area contributed by atoms with Crippen LogP contribution in [0.2, 0.25) is 0 Å². The fourth-order valence-corrected chi connectivity index (χ4v) is 3.06. The number of aromatic nitrogens is 2. The Labute approximate surface area is 129 Å². The first-order valence-corrected chi connectivity index (χ1v) is 8.35. The second kappa shape index (κ2) is 6.73. The van der Waals surface area contributed by atoms with Gasteiger partial charge in [-0.1, -0.05) is 27.7 Å². The largest absolute Gasteiger partial charge is 0.336 e. The van der Waals surface area contributed by atoms with Crippen molar-refractivity contribution < 1.29 is 0 Å². The second-order valence-corrected chi connectivity index (χ2v) is 6.48. The molecule has 21 heavy (non-hydrogen) atoms. The molecule has 1 aliphatic rings. The molecule has 2 rings (SSSR count). The summed E-state index contributed by atoms with van der Waals surface area (Å²) < 4.78 is 0. The maximum absolute atomic E-state index is 4.66. The zero-order valence-electron chi connectivity index (χ0n) is 14.3. The van der Waals surface area contributed by atoms with Gasteiger partial charge in [0.05, 0.1) is 0 Å². The minimum atomic E-state index is 0.199. The van der Waals surface area contributed by atoms with Crippen LogP contribution in [0.15, 0.2) is 12.4 Å². The van der Waals surface area contributed by atoms with Crippen molar-refractivity contribution in [2.24, 2.45) is 0 Å². The Kier molecular flexibility index (Phi) is 5.20. The second-order valence-electron chi connectivity index (χ2n) is 6.48. The van der Waals surface area contributed by atoms with Crippen molar-refractivity contribution in [1.82, 2.24) is 14.9 Å². The van der Waals surface area contributed by atoms with Crippen LogP contribution in [0.3, 0.4) is 0 Å². The van der Waals surface area contributed by atoms with Gasteiger partial charge in [-0.05, 0) is 37.3 Å². The van der Waals surface area contributed by atoms with E-state index in [1.165, 1.54) is 5.56 Å². The summed E-state index contributed by atoms with van der Waals surface area (Å²) in [6.07, 6.45) is 6.32. The average molecular weight is 290 g/mol. The summed E-state index contributed by atoms with van der Waals surface area (Å²) in [4.78, 5) is 14.1. The molecule has 1 aromatic rings. The summed E-state index contributed by atoms with van der Waals surface area (Å²) >= 11 is 0. The molecule has 1 unspecified atom stereocenters. The molecule has 0 spiro atoms. The van der Waals surface area contributed by atoms with Gasteiger partial charge in [-0.2, -0.15) is 0 Å². The molecule has 0 radical (unpaired) electrons. The maximum atomic E-state index is 4.66. The molecular formula is C17H30N4. The number of likely N-dealkylation sites (N-methyl/N-ethyl adjacent to an activating group) is 1. The molecule has 2 heterocycles. The van der Waals surface area contributed by atoms with E-state index in [0.29, 0.717) is 6.04 Å². The molecule has 4 nitrogen and oxygen atoms in total. The van der Waals surface area contributed by atoms with E-state index in [1.807, 2.05) is 12.4 Å². The van der Waals surface area contributed by atoms with Crippen molar-refractivity contribution in [3.8, 4) is 0 Å². The summed E-state index contributed by atoms with van der Waals surface area (Å²) in [5.74, 6) is 0.886. The van der Waals surface area contributed by atoms with E-state index in [-0.39, 0.29) is 5.41 Å². The van der Waals surface area contributed by atoms with E-state index in [2.05, 4.69) is 54.4 Å². The third-order valence-electron chi connectivity index (χ3n) is 5.31. The van der Waals surface area contributed by atoms with Crippen molar-refractivity contribution in [3.05, 3.63) is 18.0 Å². The molecule has 0 amide bonds. The van der Waals surface area contributed by atoms with Crippen molar-refractivity contribution in [2.45, 2.75) is 58.9 Å². The topological polar surface area (TPSA) is 32.3 Å². The van der Waals surface area contributed by atoms with Gasteiger partial charge in [-0.15, -0.1) is 0 Å². The van der Waals surface area contributed by atoms with Crippen molar-refractivity contribution in [2.75, 3.05) is 31.1 Å². The number of piperazine rings is 1. The lowest BCUT2D eigenvalue weighted by atomic mass is 9.79. The molecule has 0 aromatic carbocycles. The maximum Gasteiger partial charge on any atom is 0.225 e. The molecule has 1 atom stereocenters. The Morgan fingerprint density at radius 3 is 2.24 bits per heavy atom. The molecule has 0 bridgehead atoms. The van der Waals surface area contributed by atoms with E-state index in [9.17, 15) is 0 Å². The van der Waals surface area contributed by atoms with Gasteiger partial charge in [0.1, 0.15) is 0 Å². The van der Waals surface area contributed by atoms with Crippen LogP contribution in [0, 0.1) is 0 Å². The normalized spacial score (nSPS) is 20.8. The van der Waals surface area contributed by atoms with Gasteiger partial charge in [-0.3, -0.25) is 4.90 Å². The number of hydrogen-bond donors (Lipinski definition) is 0. The number of rotatable bonds is 5. The number of hydrogen-bond acceptors (Lipinski definition) is 4. The van der Waals surface area contributed by atoms with Crippen LogP contribution in [0.25, 0.3) is 0 Å². The number of nitrogens with zero attached hydrogens (tertiary/aromatic N) is 4. The SMILES string of the molecule is CCN1CCN(c2ncc(C(C)(CC)CC)cn2)C(C)C1. The molecule has 1 fully saturated rings. The Morgan fingerprint density at radius 1 is 1.14 bits per heavy atom. The van der Waals surface area contributed by atoms with Crippen LogP contribution in [0.1, 0.15) is 53.0 Å². The monoisotopic (exact) mass is 290 g/mol. The Balaban J connectivity index is 2.12. The summed E-state index contributed by atoms with van der Waals surface area (Å²) in [6, 6.07) is 0.480. The van der Waals surface area contributed by atoms with E-state index < -0.39 is 0 Å². The summed E-state index contributed by atoms with van der Waals surface area (Å²) in [7, 11) is 0. The third kappa shape index (κ3) is 3.37. The summed E-state index contributed by atoms with van der Waals surface area (Å²) in [5, 5.41) is 0. The van der Waals surface area contributed by atoms with Crippen LogP contribution in [0.5, 0.6) is 0 Å². The first-order valence-electron chi connectivity index (χ1n) is 8.35. The van der Waals surface area contributed by atoms with E-state index in [0.717, 1.165) is 45.0 Å². The van der Waals surface area contributed by atoms with E-state index in [1.54, 1.807) is 0 Å². The fourth-order valence-electron chi connectivity index (χ4n) is 3.06. The molecule has 0 saturated carbocycles. The molecule has 0 aliphatic carbocycles. The molecule has 0 N–H and O–H groups in total. The van der Waals surface area contributed by atoms with Gasteiger partial charge in [0.15, 0.2) is 0 Å². The predicted molar refractivity (Wildman–Crippen MR) is 88.9 cm³/mol. The average Bonchev–Trinajstić information content (AvgIpc) is 2.54. The molecule has 118 valence electrons. The zero-order valence-corrected chi connectivity index (χ0v) is 14.3. The lowest BCUT2D eigenvalue weighted by molar-refractivity contribution is 0.238. The van der Waals surface area contributed by atoms with Crippen LogP contribution < -0.4 is 4.90 Å². The summed E-state index contributed by atoms with van der Waals surface area (Å²) in [6.45, 7) is 15.6. The quantitative estimate of drug-likeness (QED) is 0.834. The van der Waals surface area contributed by atoms with Crippen molar-refractivity contribution in [1.29, 1.82) is 0 Å². The Morgan fingerprint density at radius 2 is 1.76 bits per heavy atom. The van der Waals surface area contributed by atoms with Crippen LogP contribution in [-0.4, -0.2) is 47.1 Å². The smallest absolute Gasteiger partial charge is 0.225 e. The lowest BCUT2D eigenvalue weighted by Gasteiger charge is -2.39. The lowest BCUT2D eigenvalue weighted by Crippen LogP contribution is -2.52. The van der Waals surface area contributed by atoms with Crippen LogP contribution >= 0.6 is 0 Å². The molecule has 1 saturated heterocycles. The van der Waals surface area contributed by atoms with Crippen molar-refractivity contribution in [3.63, 3.8) is 0 Å². The minimum Gasteiger partial charge on any atom is -0.336 e. The van der Waals surface area contributed by atoms with Gasteiger partial charge in [0, 0.05) is 38.1 Å². The van der Waals surface area contributed by atoms with Gasteiger partial charge in [0.25, 0.3) is 0 Å². The zero-order chi connectivity index (χ0) is 15.5.